The Hall–Kier alpha value is -4.28. The van der Waals surface area contributed by atoms with Crippen molar-refractivity contribution in [1.29, 1.82) is 0 Å². The molecular formula is C31H22Cl2FN3O6. The molecule has 0 aromatic heterocycles. The summed E-state index contributed by atoms with van der Waals surface area (Å²) in [6.07, 6.45) is 1.38. The second kappa shape index (κ2) is 9.11. The van der Waals surface area contributed by atoms with Crippen LogP contribution in [0.1, 0.15) is 24.3 Å². The number of likely N-dealkylation sites (tertiary alicyclic amines) is 1. The first-order valence-electron chi connectivity index (χ1n) is 13.5. The van der Waals surface area contributed by atoms with E-state index >= 15 is 0 Å². The molecule has 0 spiro atoms. The molecule has 7 rings (SSSR count). The average Bonchev–Trinajstić information content (AvgIpc) is 3.32. The summed E-state index contributed by atoms with van der Waals surface area (Å²) in [4.78, 5) is 64.1. The number of hydrogen-bond acceptors (Lipinski definition) is 6. The fraction of sp³-hybridized carbons (Fsp3) is 0.258. The van der Waals surface area contributed by atoms with Crippen LogP contribution in [0.5, 0.6) is 5.75 Å². The lowest BCUT2D eigenvalue weighted by Crippen LogP contribution is -2.60. The van der Waals surface area contributed by atoms with Gasteiger partial charge in [0.2, 0.25) is 11.8 Å². The zero-order valence-electron chi connectivity index (χ0n) is 22.2. The maximum Gasteiger partial charge on any atom is 0.328 e. The number of imide groups is 4. The molecule has 2 aliphatic heterocycles. The Bertz CT molecular complexity index is 1850. The molecule has 3 aromatic rings. The average molecular weight is 622 g/mol. The predicted molar refractivity (Wildman–Crippen MR) is 154 cm³/mol. The van der Waals surface area contributed by atoms with Gasteiger partial charge in [0.25, 0.3) is 11.8 Å². The minimum absolute atomic E-state index is 0.0295. The van der Waals surface area contributed by atoms with Crippen LogP contribution >= 0.6 is 23.2 Å². The molecule has 3 N–H and O–H groups in total. The van der Waals surface area contributed by atoms with E-state index in [0.717, 1.165) is 17.0 Å². The van der Waals surface area contributed by atoms with Crippen LogP contribution in [0.3, 0.4) is 0 Å². The van der Waals surface area contributed by atoms with Gasteiger partial charge in [0.15, 0.2) is 9.75 Å². The number of carbonyl (C=O) groups is 5. The number of fused-ring (bicyclic) bond motifs is 5. The van der Waals surface area contributed by atoms with Crippen molar-refractivity contribution in [2.45, 2.75) is 28.5 Å². The molecular weight excluding hydrogens is 600 g/mol. The van der Waals surface area contributed by atoms with E-state index in [1.54, 1.807) is 42.5 Å². The standard InChI is InChI=1S/C31H22Cl2FN3O6/c32-30-13-21-18(11-12-19-22(21)26(40)37(25(19)39)29(35)43)23(20-10-5-14-3-1-2-4-17(14)24(20)38)31(30,33)28(42)36(27(30)41)16-8-6-15(34)7-9-16/h1-11,19,21-23,38H,12-13H2,(H2,35,43)/t19-,21+,22-,23+,30+,31-/m0/s1. The summed E-state index contributed by atoms with van der Waals surface area (Å²) in [6.45, 7) is 0. The minimum atomic E-state index is -2.20. The van der Waals surface area contributed by atoms with Gasteiger partial charge in [-0.05, 0) is 48.4 Å². The van der Waals surface area contributed by atoms with E-state index in [9.17, 15) is 33.5 Å². The number of halogens is 3. The zero-order chi connectivity index (χ0) is 30.6. The molecule has 218 valence electrons. The summed E-state index contributed by atoms with van der Waals surface area (Å²) in [5.74, 6) is -8.33. The van der Waals surface area contributed by atoms with Gasteiger partial charge < -0.3 is 10.8 Å². The number of benzene rings is 3. The number of alkyl halides is 2. The fourth-order valence-corrected chi connectivity index (χ4v) is 8.39. The Balaban J connectivity index is 1.47. The Morgan fingerprint density at radius 3 is 2.33 bits per heavy atom. The molecule has 43 heavy (non-hydrogen) atoms. The van der Waals surface area contributed by atoms with Crippen LogP contribution in [0.2, 0.25) is 0 Å². The first kappa shape index (κ1) is 27.5. The maximum atomic E-state index is 14.4. The van der Waals surface area contributed by atoms with Crippen LogP contribution in [0.4, 0.5) is 14.9 Å². The normalized spacial score (nSPS) is 31.7. The molecule has 0 unspecified atom stereocenters. The summed E-state index contributed by atoms with van der Waals surface area (Å²) in [5.41, 5.74) is 6.04. The number of nitrogens with two attached hydrogens (primary N) is 1. The molecule has 6 atom stereocenters. The topological polar surface area (TPSA) is 138 Å². The van der Waals surface area contributed by atoms with Crippen LogP contribution in [0.25, 0.3) is 10.8 Å². The van der Waals surface area contributed by atoms with Crippen LogP contribution in [0.15, 0.2) is 72.3 Å². The lowest BCUT2D eigenvalue weighted by molar-refractivity contribution is -0.136. The van der Waals surface area contributed by atoms with Crippen LogP contribution in [-0.4, -0.2) is 49.4 Å². The summed E-state index contributed by atoms with van der Waals surface area (Å²) in [7, 11) is 0. The Kier molecular flexibility index (Phi) is 5.84. The first-order valence-corrected chi connectivity index (χ1v) is 14.3. The third-order valence-corrected chi connectivity index (χ3v) is 10.8. The molecule has 3 aromatic carbocycles. The third-order valence-electron chi connectivity index (χ3n) is 9.36. The highest BCUT2D eigenvalue weighted by Crippen LogP contribution is 2.66. The number of primary amides is 1. The van der Waals surface area contributed by atoms with E-state index in [0.29, 0.717) is 21.2 Å². The van der Waals surface area contributed by atoms with Crippen molar-refractivity contribution in [2.24, 2.45) is 23.5 Å². The number of hydrogen-bond donors (Lipinski definition) is 2. The number of phenolic OH excluding ortho intramolecular Hbond substituents is 1. The molecule has 2 aliphatic carbocycles. The van der Waals surface area contributed by atoms with E-state index < -0.39 is 68.9 Å². The predicted octanol–water partition coefficient (Wildman–Crippen LogP) is 4.33. The van der Waals surface area contributed by atoms with Gasteiger partial charge in [0.05, 0.1) is 17.5 Å². The highest BCUT2D eigenvalue weighted by Gasteiger charge is 2.77. The monoisotopic (exact) mass is 621 g/mol. The lowest BCUT2D eigenvalue weighted by Gasteiger charge is -2.50. The molecule has 9 nitrogen and oxygen atoms in total. The molecule has 2 heterocycles. The van der Waals surface area contributed by atoms with Crippen LogP contribution in [0, 0.1) is 23.6 Å². The summed E-state index contributed by atoms with van der Waals surface area (Å²) >= 11 is 14.6. The number of nitrogens with zero attached hydrogens (tertiary/aromatic N) is 2. The number of carbonyl (C=O) groups excluding carboxylic acids is 5. The zero-order valence-corrected chi connectivity index (χ0v) is 23.7. The first-order chi connectivity index (χ1) is 20.4. The third kappa shape index (κ3) is 3.41. The van der Waals surface area contributed by atoms with E-state index in [1.807, 2.05) is 0 Å². The van der Waals surface area contributed by atoms with Crippen molar-refractivity contribution in [1.82, 2.24) is 4.90 Å². The molecule has 3 fully saturated rings. The molecule has 1 saturated carbocycles. The van der Waals surface area contributed by atoms with Gasteiger partial charge in [-0.25, -0.2) is 14.1 Å². The van der Waals surface area contributed by atoms with Crippen LogP contribution in [-0.2, 0) is 19.2 Å². The second-order valence-corrected chi connectivity index (χ2v) is 12.6. The van der Waals surface area contributed by atoms with Crippen molar-refractivity contribution in [3.63, 3.8) is 0 Å². The molecule has 0 bridgehead atoms. The summed E-state index contributed by atoms with van der Waals surface area (Å²) in [6, 6.07) is 13.8. The molecule has 2 saturated heterocycles. The summed E-state index contributed by atoms with van der Waals surface area (Å²) in [5, 5.41) is 12.8. The van der Waals surface area contributed by atoms with E-state index in [1.165, 1.54) is 12.1 Å². The quantitative estimate of drug-likeness (QED) is 0.248. The van der Waals surface area contributed by atoms with Gasteiger partial charge in [-0.1, -0.05) is 48.0 Å². The maximum absolute atomic E-state index is 14.4. The second-order valence-electron chi connectivity index (χ2n) is 11.3. The molecule has 4 aliphatic rings. The Labute approximate surface area is 253 Å². The smallest absolute Gasteiger partial charge is 0.328 e. The number of aromatic hydroxyl groups is 1. The van der Waals surface area contributed by atoms with Gasteiger partial charge in [-0.15, -0.1) is 23.2 Å². The highest BCUT2D eigenvalue weighted by molar-refractivity contribution is 6.58. The fourth-order valence-electron chi connectivity index (χ4n) is 7.47. The SMILES string of the molecule is NC(=O)N1C(=O)[C@H]2[C@H](CC=C3[C@H]2C[C@@]2(Cl)C(=O)N(c4ccc(F)cc4)C(=O)[C@@]2(Cl)[C@H]3c2ccc3ccccc3c2O)C1=O. The van der Waals surface area contributed by atoms with Gasteiger partial charge >= 0.3 is 6.03 Å². The molecule has 0 radical (unpaired) electrons. The van der Waals surface area contributed by atoms with Gasteiger partial charge in [-0.3, -0.25) is 19.2 Å². The summed E-state index contributed by atoms with van der Waals surface area (Å²) < 4.78 is 13.8. The van der Waals surface area contributed by atoms with Gasteiger partial charge in [-0.2, -0.15) is 4.90 Å². The van der Waals surface area contributed by atoms with Crippen molar-refractivity contribution in [3.05, 3.63) is 83.7 Å². The van der Waals surface area contributed by atoms with Crippen molar-refractivity contribution < 1.29 is 33.5 Å². The minimum Gasteiger partial charge on any atom is -0.507 e. The van der Waals surface area contributed by atoms with Crippen molar-refractivity contribution in [3.8, 4) is 5.75 Å². The van der Waals surface area contributed by atoms with Crippen molar-refractivity contribution in [2.75, 3.05) is 4.90 Å². The Morgan fingerprint density at radius 1 is 0.930 bits per heavy atom. The largest absolute Gasteiger partial charge is 0.507 e. The number of urea groups is 1. The number of anilines is 1. The number of amides is 6. The van der Waals surface area contributed by atoms with Crippen LogP contribution < -0.4 is 10.6 Å². The number of phenols is 1. The number of rotatable bonds is 2. The van der Waals surface area contributed by atoms with E-state index in [-0.39, 0.29) is 29.8 Å². The number of allylic oxidation sites excluding steroid dienone is 2. The lowest BCUT2D eigenvalue weighted by atomic mass is 9.56. The molecule has 6 amide bonds. The van der Waals surface area contributed by atoms with Gasteiger partial charge in [0, 0.05) is 16.9 Å². The van der Waals surface area contributed by atoms with E-state index in [4.69, 9.17) is 28.9 Å². The highest BCUT2D eigenvalue weighted by atomic mass is 35.5. The molecule has 12 heteroatoms. The van der Waals surface area contributed by atoms with E-state index in [2.05, 4.69) is 0 Å². The van der Waals surface area contributed by atoms with Crippen molar-refractivity contribution >= 4 is 69.3 Å². The Morgan fingerprint density at radius 2 is 1.63 bits per heavy atom. The van der Waals surface area contributed by atoms with Gasteiger partial charge in [0.1, 0.15) is 11.6 Å².